The number of amidine groups is 1. The highest BCUT2D eigenvalue weighted by molar-refractivity contribution is 5.81. The zero-order valence-corrected chi connectivity index (χ0v) is 17.1. The standard InChI is InChI=1S/C11H12F2N2.C5H3N3O.C5H9NO/c1-15-10(2-3-11(15)14)7-4-8(12)6-9(13)5-7;6-2-4-1-5(9)8-3-7-4;7-4-6-5-2-1-3-5/h4-6,10,14H,2-3H2,1H3;1,3H,(H,7,8,9);4-5H,1-3H2,(H,6,7). The van der Waals surface area contributed by atoms with E-state index < -0.39 is 11.6 Å². The number of halogens is 2. The zero-order chi connectivity index (χ0) is 22.8. The van der Waals surface area contributed by atoms with Crippen molar-refractivity contribution in [2.24, 2.45) is 0 Å². The largest absolute Gasteiger partial charge is 0.357 e. The van der Waals surface area contributed by atoms with E-state index >= 15 is 0 Å². The van der Waals surface area contributed by atoms with E-state index in [2.05, 4.69) is 15.3 Å². The Morgan fingerprint density at radius 3 is 2.32 bits per heavy atom. The van der Waals surface area contributed by atoms with Crippen molar-refractivity contribution in [1.82, 2.24) is 20.2 Å². The first-order chi connectivity index (χ1) is 14.8. The van der Waals surface area contributed by atoms with E-state index in [-0.39, 0.29) is 17.3 Å². The molecule has 1 saturated carbocycles. The van der Waals surface area contributed by atoms with Gasteiger partial charge in [-0.3, -0.25) is 15.0 Å². The second-order valence-corrected chi connectivity index (χ2v) is 7.14. The molecule has 1 atom stereocenters. The van der Waals surface area contributed by atoms with Gasteiger partial charge in [-0.15, -0.1) is 0 Å². The molecule has 2 aromatic rings. The number of likely N-dealkylation sites (tertiary alicyclic amines) is 1. The number of aromatic nitrogens is 2. The van der Waals surface area contributed by atoms with E-state index in [1.807, 2.05) is 0 Å². The summed E-state index contributed by atoms with van der Waals surface area (Å²) in [5.41, 5.74) is 0.442. The summed E-state index contributed by atoms with van der Waals surface area (Å²) < 4.78 is 26.0. The van der Waals surface area contributed by atoms with Crippen molar-refractivity contribution in [1.29, 1.82) is 10.7 Å². The number of carbonyl (C=O) groups excluding carboxylic acids is 1. The van der Waals surface area contributed by atoms with Gasteiger partial charge in [-0.25, -0.2) is 13.8 Å². The Morgan fingerprint density at radius 1 is 1.26 bits per heavy atom. The van der Waals surface area contributed by atoms with Gasteiger partial charge in [-0.1, -0.05) is 0 Å². The van der Waals surface area contributed by atoms with E-state index in [1.165, 1.54) is 37.7 Å². The molecule has 164 valence electrons. The first kappa shape index (κ1) is 23.7. The number of rotatable bonds is 3. The summed E-state index contributed by atoms with van der Waals surface area (Å²) in [5.74, 6) is -0.599. The second kappa shape index (κ2) is 11.5. The van der Waals surface area contributed by atoms with Crippen molar-refractivity contribution in [2.75, 3.05) is 7.05 Å². The molecule has 1 amide bonds. The van der Waals surface area contributed by atoms with Gasteiger partial charge in [-0.05, 0) is 43.4 Å². The number of nitriles is 1. The van der Waals surface area contributed by atoms with Crippen LogP contribution in [0.4, 0.5) is 8.78 Å². The van der Waals surface area contributed by atoms with Crippen LogP contribution in [-0.4, -0.2) is 40.2 Å². The SMILES string of the molecule is CN1C(=N)CCC1c1cc(F)cc(F)c1.N#Cc1cc(=O)[nH]cn1.O=CNC1CCC1. The van der Waals surface area contributed by atoms with Gasteiger partial charge in [0, 0.05) is 31.6 Å². The maximum absolute atomic E-state index is 13.0. The number of hydrogen-bond donors (Lipinski definition) is 3. The molecule has 1 saturated heterocycles. The summed E-state index contributed by atoms with van der Waals surface area (Å²) >= 11 is 0. The number of nitrogens with zero attached hydrogens (tertiary/aromatic N) is 3. The topological polar surface area (TPSA) is 126 Å². The minimum absolute atomic E-state index is 0.0669. The normalized spacial score (nSPS) is 17.3. The number of benzene rings is 1. The molecule has 1 aliphatic carbocycles. The highest BCUT2D eigenvalue weighted by Gasteiger charge is 2.26. The Labute approximate surface area is 178 Å². The van der Waals surface area contributed by atoms with Crippen LogP contribution in [0.2, 0.25) is 0 Å². The Hall–Kier alpha value is -3.61. The van der Waals surface area contributed by atoms with Gasteiger partial charge >= 0.3 is 0 Å². The van der Waals surface area contributed by atoms with Gasteiger partial charge < -0.3 is 15.2 Å². The fraction of sp³-hybridized carbons (Fsp3) is 0.381. The molecule has 31 heavy (non-hydrogen) atoms. The molecule has 1 aromatic heterocycles. The molecule has 8 nitrogen and oxygen atoms in total. The molecule has 3 N–H and O–H groups in total. The summed E-state index contributed by atoms with van der Waals surface area (Å²) in [6.45, 7) is 0. The number of hydrogen-bond acceptors (Lipinski definition) is 5. The molecule has 1 unspecified atom stereocenters. The maximum Gasteiger partial charge on any atom is 0.251 e. The van der Waals surface area contributed by atoms with Crippen molar-refractivity contribution < 1.29 is 13.6 Å². The lowest BCUT2D eigenvalue weighted by Gasteiger charge is -2.23. The molecule has 0 radical (unpaired) electrons. The first-order valence-electron chi connectivity index (χ1n) is 9.74. The lowest BCUT2D eigenvalue weighted by atomic mass is 9.94. The van der Waals surface area contributed by atoms with Crippen LogP contribution in [0.5, 0.6) is 0 Å². The third-order valence-corrected chi connectivity index (χ3v) is 5.02. The van der Waals surface area contributed by atoms with Crippen molar-refractivity contribution in [3.8, 4) is 6.07 Å². The number of H-pyrrole nitrogens is 1. The van der Waals surface area contributed by atoms with Crippen molar-refractivity contribution in [3.05, 3.63) is 63.8 Å². The van der Waals surface area contributed by atoms with E-state index in [0.29, 0.717) is 23.9 Å². The average Bonchev–Trinajstić information content (AvgIpc) is 3.04. The molecule has 0 bridgehead atoms. The maximum atomic E-state index is 13.0. The molecule has 2 fully saturated rings. The Bertz CT molecular complexity index is 980. The van der Waals surface area contributed by atoms with E-state index in [4.69, 9.17) is 10.7 Å². The molecule has 4 rings (SSSR count). The molecular weight excluding hydrogens is 406 g/mol. The van der Waals surface area contributed by atoms with Gasteiger partial charge in [0.15, 0.2) is 0 Å². The van der Waals surface area contributed by atoms with Crippen LogP contribution in [0.3, 0.4) is 0 Å². The molecule has 2 aliphatic rings. The quantitative estimate of drug-likeness (QED) is 0.646. The Kier molecular flexibility index (Phi) is 8.81. The molecule has 1 aliphatic heterocycles. The number of aromatic amines is 1. The van der Waals surface area contributed by atoms with Crippen LogP contribution in [0.1, 0.15) is 49.4 Å². The smallest absolute Gasteiger partial charge is 0.251 e. The third kappa shape index (κ3) is 7.29. The van der Waals surface area contributed by atoms with Crippen LogP contribution in [0.15, 0.2) is 35.4 Å². The predicted molar refractivity (Wildman–Crippen MR) is 110 cm³/mol. The van der Waals surface area contributed by atoms with Gasteiger partial charge in [-0.2, -0.15) is 5.26 Å². The van der Waals surface area contributed by atoms with Crippen molar-refractivity contribution >= 4 is 12.2 Å². The van der Waals surface area contributed by atoms with Crippen molar-refractivity contribution in [3.63, 3.8) is 0 Å². The van der Waals surface area contributed by atoms with Crippen molar-refractivity contribution in [2.45, 2.75) is 44.2 Å². The van der Waals surface area contributed by atoms with Gasteiger partial charge in [0.05, 0.1) is 18.2 Å². The highest BCUT2D eigenvalue weighted by atomic mass is 19.1. The zero-order valence-electron chi connectivity index (χ0n) is 17.1. The van der Waals surface area contributed by atoms with E-state index in [9.17, 15) is 18.4 Å². The van der Waals surface area contributed by atoms with Crippen LogP contribution in [-0.2, 0) is 4.79 Å². The second-order valence-electron chi connectivity index (χ2n) is 7.14. The Balaban J connectivity index is 0.000000181. The number of nitrogens with one attached hydrogen (secondary N) is 3. The average molecular weight is 430 g/mol. The van der Waals surface area contributed by atoms with E-state index in [1.54, 1.807) is 18.0 Å². The summed E-state index contributed by atoms with van der Waals surface area (Å²) in [7, 11) is 1.78. The summed E-state index contributed by atoms with van der Waals surface area (Å²) in [4.78, 5) is 27.7. The molecule has 2 heterocycles. The van der Waals surface area contributed by atoms with E-state index in [0.717, 1.165) is 25.0 Å². The molecular formula is C21H24F2N6O2. The van der Waals surface area contributed by atoms with Crippen LogP contribution in [0, 0.1) is 28.4 Å². The fourth-order valence-electron chi connectivity index (χ4n) is 3.09. The minimum atomic E-state index is -0.558. The summed E-state index contributed by atoms with van der Waals surface area (Å²) in [6, 6.07) is 6.86. The summed E-state index contributed by atoms with van der Waals surface area (Å²) in [6.07, 6.45) is 7.03. The number of amides is 1. The fourth-order valence-corrected chi connectivity index (χ4v) is 3.09. The lowest BCUT2D eigenvalue weighted by Crippen LogP contribution is -2.33. The Morgan fingerprint density at radius 2 is 1.94 bits per heavy atom. The summed E-state index contributed by atoms with van der Waals surface area (Å²) in [5, 5.41) is 18.5. The lowest BCUT2D eigenvalue weighted by molar-refractivity contribution is -0.110. The van der Waals surface area contributed by atoms with Gasteiger partial charge in [0.1, 0.15) is 23.4 Å². The number of carbonyl (C=O) groups is 1. The van der Waals surface area contributed by atoms with Gasteiger partial charge in [0.25, 0.3) is 5.56 Å². The third-order valence-electron chi connectivity index (χ3n) is 5.02. The molecule has 0 spiro atoms. The monoisotopic (exact) mass is 430 g/mol. The molecule has 10 heteroatoms. The highest BCUT2D eigenvalue weighted by Crippen LogP contribution is 2.31. The minimum Gasteiger partial charge on any atom is -0.357 e. The molecule has 1 aromatic carbocycles. The van der Waals surface area contributed by atoms with Gasteiger partial charge in [0.2, 0.25) is 6.41 Å². The predicted octanol–water partition coefficient (Wildman–Crippen LogP) is 2.64. The first-order valence-corrected chi connectivity index (χ1v) is 9.74. The van der Waals surface area contributed by atoms with Crippen LogP contribution < -0.4 is 10.9 Å². The van der Waals surface area contributed by atoms with Crippen LogP contribution >= 0.6 is 0 Å². The van der Waals surface area contributed by atoms with Crippen LogP contribution in [0.25, 0.3) is 0 Å².